The normalized spacial score (nSPS) is 18.1. The largest absolute Gasteiger partial charge is 0.507 e. The molecule has 8 nitrogen and oxygen atoms in total. The molecule has 5 rings (SSSR count). The second kappa shape index (κ2) is 9.81. The van der Waals surface area contributed by atoms with E-state index in [0.717, 1.165) is 5.56 Å². The maximum absolute atomic E-state index is 13.4. The molecular weight excluding hydrogens is 474 g/mol. The number of aryl methyl sites for hydroxylation is 1. The molecule has 3 aromatic rings. The number of hydrogen-bond donors (Lipinski definition) is 1. The highest BCUT2D eigenvalue weighted by atomic mass is 16.6. The van der Waals surface area contributed by atoms with Gasteiger partial charge in [0.25, 0.3) is 11.7 Å². The number of anilines is 1. The molecule has 1 saturated heterocycles. The molecule has 1 atom stereocenters. The maximum atomic E-state index is 13.4. The molecule has 1 amide bonds. The van der Waals surface area contributed by atoms with Crippen LogP contribution in [-0.2, 0) is 14.3 Å². The van der Waals surface area contributed by atoms with Crippen LogP contribution < -0.4 is 14.4 Å². The summed E-state index contributed by atoms with van der Waals surface area (Å²) in [6.07, 6.45) is 0. The summed E-state index contributed by atoms with van der Waals surface area (Å²) in [6.45, 7) is 4.65. The highest BCUT2D eigenvalue weighted by Gasteiger charge is 2.47. The van der Waals surface area contributed by atoms with Crippen LogP contribution in [0.5, 0.6) is 11.5 Å². The Morgan fingerprint density at radius 1 is 0.973 bits per heavy atom. The molecule has 0 aromatic heterocycles. The van der Waals surface area contributed by atoms with Crippen molar-refractivity contribution in [2.24, 2.45) is 0 Å². The Labute approximate surface area is 213 Å². The third-order valence-electron chi connectivity index (χ3n) is 6.27. The zero-order chi connectivity index (χ0) is 26.1. The molecule has 0 aliphatic carbocycles. The van der Waals surface area contributed by atoms with E-state index in [2.05, 4.69) is 0 Å². The van der Waals surface area contributed by atoms with E-state index >= 15 is 0 Å². The fraction of sp³-hybridized carbons (Fsp3) is 0.207. The summed E-state index contributed by atoms with van der Waals surface area (Å²) in [5, 5.41) is 11.4. The lowest BCUT2D eigenvalue weighted by Crippen LogP contribution is -2.29. The lowest BCUT2D eigenvalue weighted by molar-refractivity contribution is -0.132. The number of esters is 1. The first-order chi connectivity index (χ1) is 17.9. The van der Waals surface area contributed by atoms with Gasteiger partial charge in [0.2, 0.25) is 0 Å². The van der Waals surface area contributed by atoms with Crippen LogP contribution in [-0.4, -0.2) is 42.6 Å². The Hall–Kier alpha value is -4.59. The van der Waals surface area contributed by atoms with Crippen molar-refractivity contribution >= 4 is 29.1 Å². The number of nitrogens with zero attached hydrogens (tertiary/aromatic N) is 1. The Morgan fingerprint density at radius 2 is 1.68 bits per heavy atom. The molecule has 0 bridgehead atoms. The third-order valence-corrected chi connectivity index (χ3v) is 6.27. The quantitative estimate of drug-likeness (QED) is 0.237. The molecule has 188 valence electrons. The van der Waals surface area contributed by atoms with E-state index in [1.165, 1.54) is 4.90 Å². The molecule has 8 heteroatoms. The number of ether oxygens (including phenoxy) is 3. The second-order valence-corrected chi connectivity index (χ2v) is 8.71. The van der Waals surface area contributed by atoms with Crippen LogP contribution in [0.3, 0.4) is 0 Å². The first kappa shape index (κ1) is 24.1. The minimum absolute atomic E-state index is 0.0400. The Balaban J connectivity index is 1.63. The highest BCUT2D eigenvalue weighted by Crippen LogP contribution is 2.43. The summed E-state index contributed by atoms with van der Waals surface area (Å²) in [6, 6.07) is 17.7. The van der Waals surface area contributed by atoms with Gasteiger partial charge in [0, 0.05) is 11.3 Å². The van der Waals surface area contributed by atoms with E-state index in [1.807, 2.05) is 25.1 Å². The average Bonchev–Trinajstić information content (AvgIpc) is 3.18. The van der Waals surface area contributed by atoms with Crippen LogP contribution in [0.25, 0.3) is 5.76 Å². The van der Waals surface area contributed by atoms with Crippen LogP contribution >= 0.6 is 0 Å². The minimum Gasteiger partial charge on any atom is -0.507 e. The van der Waals surface area contributed by atoms with Gasteiger partial charge in [-0.05, 0) is 61.9 Å². The SMILES string of the molecule is CCOC(=O)c1ccc(N2C(=O)C(=O)/C(=C(\O)c3ccc4c(c3)OCCO4)C2c2cccc(C)c2)cc1. The summed E-state index contributed by atoms with van der Waals surface area (Å²) >= 11 is 0. The average molecular weight is 500 g/mol. The Morgan fingerprint density at radius 3 is 2.38 bits per heavy atom. The molecule has 37 heavy (non-hydrogen) atoms. The van der Waals surface area contributed by atoms with E-state index < -0.39 is 23.7 Å². The monoisotopic (exact) mass is 499 g/mol. The number of ketones is 1. The van der Waals surface area contributed by atoms with Crippen LogP contribution in [0.2, 0.25) is 0 Å². The second-order valence-electron chi connectivity index (χ2n) is 8.71. The highest BCUT2D eigenvalue weighted by molar-refractivity contribution is 6.51. The summed E-state index contributed by atoms with van der Waals surface area (Å²) in [7, 11) is 0. The summed E-state index contributed by atoms with van der Waals surface area (Å²) in [5.41, 5.74) is 2.61. The zero-order valence-electron chi connectivity index (χ0n) is 20.4. The van der Waals surface area contributed by atoms with E-state index in [-0.39, 0.29) is 17.9 Å². The number of rotatable bonds is 5. The summed E-state index contributed by atoms with van der Waals surface area (Å²) in [5.74, 6) is -1.40. The molecule has 0 radical (unpaired) electrons. The number of benzene rings is 3. The summed E-state index contributed by atoms with van der Waals surface area (Å²) in [4.78, 5) is 40.2. The van der Waals surface area contributed by atoms with E-state index in [4.69, 9.17) is 14.2 Å². The zero-order valence-corrected chi connectivity index (χ0v) is 20.4. The van der Waals surface area contributed by atoms with Gasteiger partial charge in [-0.15, -0.1) is 0 Å². The number of carbonyl (C=O) groups excluding carboxylic acids is 3. The van der Waals surface area contributed by atoms with Gasteiger partial charge in [-0.1, -0.05) is 29.8 Å². The van der Waals surface area contributed by atoms with E-state index in [1.54, 1.807) is 55.5 Å². The van der Waals surface area contributed by atoms with Crippen LogP contribution in [0.4, 0.5) is 5.69 Å². The number of hydrogen-bond acceptors (Lipinski definition) is 7. The minimum atomic E-state index is -0.887. The van der Waals surface area contributed by atoms with Gasteiger partial charge < -0.3 is 19.3 Å². The van der Waals surface area contributed by atoms with Crippen molar-refractivity contribution in [2.45, 2.75) is 19.9 Å². The van der Waals surface area contributed by atoms with Gasteiger partial charge in [-0.3, -0.25) is 14.5 Å². The molecule has 2 aliphatic rings. The Kier molecular flexibility index (Phi) is 6.40. The number of aliphatic hydroxyl groups is 1. The number of Topliss-reactive ketones (excluding diaryl/α,β-unsaturated/α-hetero) is 1. The molecule has 1 N–H and O–H groups in total. The molecule has 0 spiro atoms. The van der Waals surface area contributed by atoms with Crippen molar-refractivity contribution in [3.8, 4) is 11.5 Å². The molecular formula is C29H25NO7. The molecule has 3 aromatic carbocycles. The first-order valence-corrected chi connectivity index (χ1v) is 11.9. The van der Waals surface area contributed by atoms with Crippen molar-refractivity contribution in [3.63, 3.8) is 0 Å². The van der Waals surface area contributed by atoms with Crippen molar-refractivity contribution < 1.29 is 33.7 Å². The molecule has 2 aliphatic heterocycles. The first-order valence-electron chi connectivity index (χ1n) is 11.9. The van der Waals surface area contributed by atoms with Gasteiger partial charge >= 0.3 is 5.97 Å². The summed E-state index contributed by atoms with van der Waals surface area (Å²) < 4.78 is 16.2. The number of amides is 1. The molecule has 2 heterocycles. The lowest BCUT2D eigenvalue weighted by atomic mass is 9.94. The third kappa shape index (κ3) is 4.42. The van der Waals surface area contributed by atoms with Gasteiger partial charge in [-0.25, -0.2) is 4.79 Å². The van der Waals surface area contributed by atoms with E-state index in [0.29, 0.717) is 47.1 Å². The van der Waals surface area contributed by atoms with Gasteiger partial charge in [0.05, 0.1) is 23.8 Å². The Bertz CT molecular complexity index is 1420. The number of carbonyl (C=O) groups is 3. The molecule has 0 saturated carbocycles. The fourth-order valence-corrected chi connectivity index (χ4v) is 4.57. The predicted molar refractivity (Wildman–Crippen MR) is 136 cm³/mol. The molecule has 1 fully saturated rings. The van der Waals surface area contributed by atoms with Crippen LogP contribution in [0.15, 0.2) is 72.3 Å². The topological polar surface area (TPSA) is 102 Å². The van der Waals surface area contributed by atoms with Crippen molar-refractivity contribution in [1.29, 1.82) is 0 Å². The number of aliphatic hydroxyl groups excluding tert-OH is 1. The van der Waals surface area contributed by atoms with Crippen LogP contribution in [0, 0.1) is 6.92 Å². The fourth-order valence-electron chi connectivity index (χ4n) is 4.57. The lowest BCUT2D eigenvalue weighted by Gasteiger charge is -2.26. The number of fused-ring (bicyclic) bond motifs is 1. The van der Waals surface area contributed by atoms with E-state index in [9.17, 15) is 19.5 Å². The smallest absolute Gasteiger partial charge is 0.338 e. The maximum Gasteiger partial charge on any atom is 0.338 e. The van der Waals surface area contributed by atoms with Gasteiger partial charge in [-0.2, -0.15) is 0 Å². The van der Waals surface area contributed by atoms with Gasteiger partial charge in [0.15, 0.2) is 11.5 Å². The standard InChI is InChI=1S/C29H25NO7/c1-3-35-29(34)18-7-10-21(11-8-18)30-25(19-6-4-5-17(2)15-19)24(27(32)28(30)33)26(31)20-9-12-22-23(16-20)37-14-13-36-22/h4-12,15-16,25,31H,3,13-14H2,1-2H3/b26-24-. The van der Waals surface area contributed by atoms with Crippen molar-refractivity contribution in [1.82, 2.24) is 0 Å². The van der Waals surface area contributed by atoms with Gasteiger partial charge in [0.1, 0.15) is 19.0 Å². The molecule has 1 unspecified atom stereocenters. The van der Waals surface area contributed by atoms with Crippen molar-refractivity contribution in [2.75, 3.05) is 24.7 Å². The van der Waals surface area contributed by atoms with Crippen LogP contribution in [0.1, 0.15) is 40.0 Å². The van der Waals surface area contributed by atoms with Crippen molar-refractivity contribution in [3.05, 3.63) is 94.6 Å². The predicted octanol–water partition coefficient (Wildman–Crippen LogP) is 4.57.